The number of carbonyl (C=O) groups is 2. The van der Waals surface area contributed by atoms with Gasteiger partial charge in [-0.25, -0.2) is 4.79 Å². The summed E-state index contributed by atoms with van der Waals surface area (Å²) in [6.07, 6.45) is 0. The first kappa shape index (κ1) is 19.3. The lowest BCUT2D eigenvalue weighted by Crippen LogP contribution is -2.28. The molecule has 0 aliphatic heterocycles. The molecule has 0 heterocycles. The summed E-state index contributed by atoms with van der Waals surface area (Å²) in [5, 5.41) is 2.81. The number of rotatable bonds is 8. The monoisotopic (exact) mass is 356 g/mol. The van der Waals surface area contributed by atoms with Gasteiger partial charge < -0.3 is 19.7 Å². The van der Waals surface area contributed by atoms with Crippen LogP contribution in [0.2, 0.25) is 0 Å². The zero-order valence-corrected chi connectivity index (χ0v) is 15.3. The van der Waals surface area contributed by atoms with E-state index in [1.54, 1.807) is 31.2 Å². The van der Waals surface area contributed by atoms with E-state index in [0.29, 0.717) is 24.5 Å². The molecule has 0 fully saturated rings. The van der Waals surface area contributed by atoms with Gasteiger partial charge in [0.05, 0.1) is 12.2 Å². The molecule has 0 saturated carbocycles. The van der Waals surface area contributed by atoms with E-state index in [-0.39, 0.29) is 18.5 Å². The second kappa shape index (κ2) is 9.46. The van der Waals surface area contributed by atoms with Crippen LogP contribution < -0.4 is 15.0 Å². The number of nitrogens with one attached hydrogen (secondary N) is 1. The van der Waals surface area contributed by atoms with Crippen LogP contribution in [0.25, 0.3) is 0 Å². The minimum atomic E-state index is -0.378. The standard InChI is InChI=1S/C20H24N2O4/c1-4-25-20(24)16-7-11-18(12-8-16)26-14-19(23)21-13-15-5-9-17(10-6-15)22(2)3/h5-12H,4,13-14H2,1-3H3,(H,21,23). The van der Waals surface area contributed by atoms with Crippen LogP contribution in [0.15, 0.2) is 48.5 Å². The fraction of sp³-hybridized carbons (Fsp3) is 0.300. The highest BCUT2D eigenvalue weighted by Crippen LogP contribution is 2.13. The first-order chi connectivity index (χ1) is 12.5. The Labute approximate surface area is 153 Å². The second-order valence-electron chi connectivity index (χ2n) is 5.87. The molecule has 6 nitrogen and oxygen atoms in total. The average Bonchev–Trinajstić information content (AvgIpc) is 2.65. The van der Waals surface area contributed by atoms with E-state index in [1.165, 1.54) is 0 Å². The van der Waals surface area contributed by atoms with Crippen molar-refractivity contribution in [2.45, 2.75) is 13.5 Å². The lowest BCUT2D eigenvalue weighted by atomic mass is 10.2. The Morgan fingerprint density at radius 3 is 2.23 bits per heavy atom. The molecule has 0 spiro atoms. The van der Waals surface area contributed by atoms with Crippen LogP contribution >= 0.6 is 0 Å². The van der Waals surface area contributed by atoms with Crippen LogP contribution in [-0.4, -0.2) is 39.2 Å². The molecule has 1 N–H and O–H groups in total. The van der Waals surface area contributed by atoms with Crippen molar-refractivity contribution in [2.75, 3.05) is 32.2 Å². The van der Waals surface area contributed by atoms with Crippen molar-refractivity contribution >= 4 is 17.6 Å². The molecule has 2 aromatic rings. The largest absolute Gasteiger partial charge is 0.484 e. The maximum atomic E-state index is 11.9. The van der Waals surface area contributed by atoms with Gasteiger partial charge in [0.15, 0.2) is 6.61 Å². The fourth-order valence-electron chi connectivity index (χ4n) is 2.21. The van der Waals surface area contributed by atoms with E-state index < -0.39 is 0 Å². The summed E-state index contributed by atoms with van der Waals surface area (Å²) in [4.78, 5) is 25.5. The summed E-state index contributed by atoms with van der Waals surface area (Å²) in [6.45, 7) is 2.44. The van der Waals surface area contributed by atoms with Crippen molar-refractivity contribution in [1.29, 1.82) is 0 Å². The minimum Gasteiger partial charge on any atom is -0.484 e. The van der Waals surface area contributed by atoms with Gasteiger partial charge in [-0.2, -0.15) is 0 Å². The average molecular weight is 356 g/mol. The van der Waals surface area contributed by atoms with Crippen LogP contribution in [-0.2, 0) is 16.1 Å². The van der Waals surface area contributed by atoms with Crippen molar-refractivity contribution in [3.8, 4) is 5.75 Å². The minimum absolute atomic E-state index is 0.0888. The Morgan fingerprint density at radius 2 is 1.65 bits per heavy atom. The zero-order valence-electron chi connectivity index (χ0n) is 15.3. The van der Waals surface area contributed by atoms with Crippen LogP contribution in [0, 0.1) is 0 Å². The molecule has 6 heteroatoms. The third-order valence-corrected chi connectivity index (χ3v) is 3.68. The van der Waals surface area contributed by atoms with Crippen molar-refractivity contribution in [3.05, 3.63) is 59.7 Å². The number of esters is 1. The summed E-state index contributed by atoms with van der Waals surface area (Å²) < 4.78 is 10.3. The molecule has 26 heavy (non-hydrogen) atoms. The molecule has 0 atom stereocenters. The van der Waals surface area contributed by atoms with E-state index in [1.807, 2.05) is 43.3 Å². The van der Waals surface area contributed by atoms with Crippen LogP contribution in [0.3, 0.4) is 0 Å². The van der Waals surface area contributed by atoms with Gasteiger partial charge >= 0.3 is 5.97 Å². The number of ether oxygens (including phenoxy) is 2. The molecular weight excluding hydrogens is 332 g/mol. The zero-order chi connectivity index (χ0) is 18.9. The Kier molecular flexibility index (Phi) is 7.02. The number of benzene rings is 2. The molecule has 2 aromatic carbocycles. The first-order valence-corrected chi connectivity index (χ1v) is 8.42. The molecule has 0 aliphatic rings. The fourth-order valence-corrected chi connectivity index (χ4v) is 2.21. The van der Waals surface area contributed by atoms with Crippen molar-refractivity contribution in [1.82, 2.24) is 5.32 Å². The number of carbonyl (C=O) groups excluding carboxylic acids is 2. The van der Waals surface area contributed by atoms with Crippen molar-refractivity contribution in [3.63, 3.8) is 0 Å². The maximum absolute atomic E-state index is 11.9. The highest BCUT2D eigenvalue weighted by Gasteiger charge is 2.07. The number of hydrogen-bond donors (Lipinski definition) is 1. The van der Waals surface area contributed by atoms with Gasteiger partial charge in [0.1, 0.15) is 5.75 Å². The molecule has 138 valence electrons. The predicted octanol–water partition coefficient (Wildman–Crippen LogP) is 2.62. The predicted molar refractivity (Wildman–Crippen MR) is 101 cm³/mol. The molecule has 0 saturated heterocycles. The van der Waals surface area contributed by atoms with Gasteiger partial charge in [-0.05, 0) is 48.9 Å². The lowest BCUT2D eigenvalue weighted by Gasteiger charge is -2.13. The highest BCUT2D eigenvalue weighted by atomic mass is 16.5. The van der Waals surface area contributed by atoms with Crippen molar-refractivity contribution < 1.29 is 19.1 Å². The molecule has 1 amide bonds. The Bertz CT molecular complexity index is 724. The van der Waals surface area contributed by atoms with Gasteiger partial charge in [0.25, 0.3) is 5.91 Å². The SMILES string of the molecule is CCOC(=O)c1ccc(OCC(=O)NCc2ccc(N(C)C)cc2)cc1. The van der Waals surface area contributed by atoms with Gasteiger partial charge in [-0.15, -0.1) is 0 Å². The second-order valence-corrected chi connectivity index (χ2v) is 5.87. The molecular formula is C20H24N2O4. The number of amides is 1. The molecule has 0 bridgehead atoms. The number of hydrogen-bond acceptors (Lipinski definition) is 5. The van der Waals surface area contributed by atoms with Gasteiger partial charge in [0, 0.05) is 26.3 Å². The van der Waals surface area contributed by atoms with Gasteiger partial charge in [-0.1, -0.05) is 12.1 Å². The van der Waals surface area contributed by atoms with Gasteiger partial charge in [0.2, 0.25) is 0 Å². The van der Waals surface area contributed by atoms with Gasteiger partial charge in [-0.3, -0.25) is 4.79 Å². The normalized spacial score (nSPS) is 10.1. The molecule has 0 radical (unpaired) electrons. The van der Waals surface area contributed by atoms with Crippen LogP contribution in [0.5, 0.6) is 5.75 Å². The summed E-state index contributed by atoms with van der Waals surface area (Å²) in [5.74, 6) is -0.0724. The summed E-state index contributed by atoms with van der Waals surface area (Å²) in [7, 11) is 3.96. The van der Waals surface area contributed by atoms with Crippen LogP contribution in [0.1, 0.15) is 22.8 Å². The molecule has 0 aliphatic carbocycles. The molecule has 0 unspecified atom stereocenters. The Balaban J connectivity index is 1.77. The van der Waals surface area contributed by atoms with E-state index in [0.717, 1.165) is 11.3 Å². The quantitative estimate of drug-likeness (QED) is 0.737. The van der Waals surface area contributed by atoms with E-state index in [4.69, 9.17) is 9.47 Å². The summed E-state index contributed by atoms with van der Waals surface area (Å²) in [6, 6.07) is 14.5. The summed E-state index contributed by atoms with van der Waals surface area (Å²) >= 11 is 0. The number of anilines is 1. The van der Waals surface area contributed by atoms with E-state index in [9.17, 15) is 9.59 Å². The van der Waals surface area contributed by atoms with Crippen LogP contribution in [0.4, 0.5) is 5.69 Å². The topological polar surface area (TPSA) is 67.9 Å². The van der Waals surface area contributed by atoms with E-state index in [2.05, 4.69) is 5.32 Å². The summed E-state index contributed by atoms with van der Waals surface area (Å²) in [5.41, 5.74) is 2.57. The third kappa shape index (κ3) is 5.81. The van der Waals surface area contributed by atoms with E-state index >= 15 is 0 Å². The molecule has 2 rings (SSSR count). The number of nitrogens with zero attached hydrogens (tertiary/aromatic N) is 1. The first-order valence-electron chi connectivity index (χ1n) is 8.42. The Hall–Kier alpha value is -3.02. The Morgan fingerprint density at radius 1 is 1.00 bits per heavy atom. The molecule has 0 aromatic heterocycles. The lowest BCUT2D eigenvalue weighted by molar-refractivity contribution is -0.123. The third-order valence-electron chi connectivity index (χ3n) is 3.68. The van der Waals surface area contributed by atoms with Crippen molar-refractivity contribution in [2.24, 2.45) is 0 Å². The highest BCUT2D eigenvalue weighted by molar-refractivity contribution is 5.89. The smallest absolute Gasteiger partial charge is 0.338 e. The maximum Gasteiger partial charge on any atom is 0.338 e.